The lowest BCUT2D eigenvalue weighted by molar-refractivity contribution is -0.385. The monoisotopic (exact) mass is 389 g/mol. The molecule has 0 amide bonds. The molecule has 0 heterocycles. The SMILES string of the molecule is COc1c([N+](=O)[O-])cc(C(C)(C)c2ccccc2)cc1C(C)(C)c1ccccc1. The van der Waals surface area contributed by atoms with Gasteiger partial charge in [-0.1, -0.05) is 88.4 Å². The van der Waals surface area contributed by atoms with Crippen molar-refractivity contribution >= 4 is 5.69 Å². The zero-order chi connectivity index (χ0) is 21.2. The number of ether oxygens (including phenoxy) is 1. The fourth-order valence-electron chi connectivity index (χ4n) is 3.82. The first-order valence-corrected chi connectivity index (χ1v) is 9.68. The molecular formula is C25H27NO3. The molecule has 0 fully saturated rings. The minimum absolute atomic E-state index is 0.00647. The van der Waals surface area contributed by atoms with Crippen LogP contribution in [0.2, 0.25) is 0 Å². The molecule has 0 saturated heterocycles. The summed E-state index contributed by atoms with van der Waals surface area (Å²) in [7, 11) is 1.49. The summed E-state index contributed by atoms with van der Waals surface area (Å²) >= 11 is 0. The van der Waals surface area contributed by atoms with Crippen LogP contribution >= 0.6 is 0 Å². The van der Waals surface area contributed by atoms with Gasteiger partial charge < -0.3 is 4.74 Å². The largest absolute Gasteiger partial charge is 0.490 e. The number of methoxy groups -OCH3 is 1. The Morgan fingerprint density at radius 1 is 0.759 bits per heavy atom. The molecule has 0 radical (unpaired) electrons. The molecule has 4 nitrogen and oxygen atoms in total. The van der Waals surface area contributed by atoms with E-state index in [0.717, 1.165) is 22.3 Å². The van der Waals surface area contributed by atoms with Crippen LogP contribution < -0.4 is 4.74 Å². The number of nitro groups is 1. The highest BCUT2D eigenvalue weighted by Gasteiger charge is 2.35. The highest BCUT2D eigenvalue weighted by atomic mass is 16.6. The zero-order valence-corrected chi connectivity index (χ0v) is 17.6. The fraction of sp³-hybridized carbons (Fsp3) is 0.280. The lowest BCUT2D eigenvalue weighted by Crippen LogP contribution is -2.24. The molecule has 0 atom stereocenters. The van der Waals surface area contributed by atoms with Crippen molar-refractivity contribution in [3.05, 3.63) is 105 Å². The Labute approximate surface area is 172 Å². The second-order valence-corrected chi connectivity index (χ2v) is 8.32. The number of hydrogen-bond donors (Lipinski definition) is 0. The first-order chi connectivity index (χ1) is 13.7. The summed E-state index contributed by atoms with van der Waals surface area (Å²) in [6, 6.07) is 23.8. The molecule has 3 rings (SSSR count). The minimum atomic E-state index is -0.472. The van der Waals surface area contributed by atoms with E-state index in [1.807, 2.05) is 48.5 Å². The molecule has 29 heavy (non-hydrogen) atoms. The molecule has 0 unspecified atom stereocenters. The number of rotatable bonds is 6. The molecule has 0 spiro atoms. The Bertz CT molecular complexity index is 1010. The van der Waals surface area contributed by atoms with E-state index in [1.54, 1.807) is 6.07 Å². The molecule has 3 aromatic carbocycles. The van der Waals surface area contributed by atoms with E-state index < -0.39 is 10.8 Å². The molecule has 0 aromatic heterocycles. The van der Waals surface area contributed by atoms with Crippen LogP contribution in [0.4, 0.5) is 5.69 Å². The Kier molecular flexibility index (Phi) is 5.47. The molecule has 0 aliphatic heterocycles. The predicted molar refractivity (Wildman–Crippen MR) is 117 cm³/mol. The van der Waals surface area contributed by atoms with Crippen molar-refractivity contribution in [1.82, 2.24) is 0 Å². The van der Waals surface area contributed by atoms with Crippen LogP contribution in [-0.4, -0.2) is 12.0 Å². The molecule has 0 aliphatic rings. The number of hydrogen-bond acceptors (Lipinski definition) is 3. The van der Waals surface area contributed by atoms with Gasteiger partial charge in [0.1, 0.15) is 0 Å². The summed E-state index contributed by atoms with van der Waals surface area (Å²) in [6.07, 6.45) is 0. The van der Waals surface area contributed by atoms with E-state index in [4.69, 9.17) is 4.74 Å². The second kappa shape index (κ2) is 7.70. The third kappa shape index (κ3) is 3.75. The fourth-order valence-corrected chi connectivity index (χ4v) is 3.82. The average molecular weight is 389 g/mol. The van der Waals surface area contributed by atoms with Gasteiger partial charge in [-0.15, -0.1) is 0 Å². The smallest absolute Gasteiger partial charge is 0.311 e. The average Bonchev–Trinajstić information content (AvgIpc) is 2.73. The van der Waals surface area contributed by atoms with Gasteiger partial charge in [-0.3, -0.25) is 10.1 Å². The quantitative estimate of drug-likeness (QED) is 0.369. The Balaban J connectivity index is 2.30. The standard InChI is InChI=1S/C25H27NO3/c1-24(2,18-12-8-6-9-13-18)20-16-21(23(29-5)22(17-20)26(27)28)25(3,4)19-14-10-7-11-15-19/h6-17H,1-5H3. The van der Waals surface area contributed by atoms with Crippen LogP contribution in [0.25, 0.3) is 0 Å². The number of nitro benzene ring substituents is 1. The van der Waals surface area contributed by atoms with Gasteiger partial charge in [-0.05, 0) is 22.8 Å². The van der Waals surface area contributed by atoms with Crippen molar-refractivity contribution in [2.24, 2.45) is 0 Å². The van der Waals surface area contributed by atoms with Crippen molar-refractivity contribution in [1.29, 1.82) is 0 Å². The molecule has 0 bridgehead atoms. The van der Waals surface area contributed by atoms with E-state index in [-0.39, 0.29) is 10.6 Å². The van der Waals surface area contributed by atoms with Gasteiger partial charge in [-0.2, -0.15) is 0 Å². The summed E-state index contributed by atoms with van der Waals surface area (Å²) in [5, 5.41) is 11.9. The van der Waals surface area contributed by atoms with Gasteiger partial charge in [0, 0.05) is 22.5 Å². The first-order valence-electron chi connectivity index (χ1n) is 9.68. The third-order valence-corrected chi connectivity index (χ3v) is 5.86. The van der Waals surface area contributed by atoms with Gasteiger partial charge in [0.05, 0.1) is 12.0 Å². The first kappa shape index (κ1) is 20.6. The van der Waals surface area contributed by atoms with Crippen molar-refractivity contribution < 1.29 is 9.66 Å². The zero-order valence-electron chi connectivity index (χ0n) is 17.6. The minimum Gasteiger partial charge on any atom is -0.490 e. The van der Waals surface area contributed by atoms with Crippen LogP contribution in [0.1, 0.15) is 49.9 Å². The van der Waals surface area contributed by atoms with Gasteiger partial charge >= 0.3 is 5.69 Å². The van der Waals surface area contributed by atoms with Crippen molar-refractivity contribution in [3.8, 4) is 5.75 Å². The molecule has 3 aromatic rings. The molecule has 0 saturated carbocycles. The third-order valence-electron chi connectivity index (χ3n) is 5.86. The second-order valence-electron chi connectivity index (χ2n) is 8.32. The van der Waals surface area contributed by atoms with Crippen molar-refractivity contribution in [2.75, 3.05) is 7.11 Å². The normalized spacial score (nSPS) is 11.9. The van der Waals surface area contributed by atoms with E-state index >= 15 is 0 Å². The Morgan fingerprint density at radius 3 is 1.69 bits per heavy atom. The maximum absolute atomic E-state index is 11.9. The molecule has 0 aliphatic carbocycles. The van der Waals surface area contributed by atoms with Gasteiger partial charge in [0.2, 0.25) is 5.75 Å². The molecular weight excluding hydrogens is 362 g/mol. The summed E-state index contributed by atoms with van der Waals surface area (Å²) < 4.78 is 5.58. The molecule has 4 heteroatoms. The number of benzene rings is 3. The summed E-state index contributed by atoms with van der Waals surface area (Å²) in [5.74, 6) is 0.316. The number of nitrogens with zero attached hydrogens (tertiary/aromatic N) is 1. The van der Waals surface area contributed by atoms with E-state index in [9.17, 15) is 10.1 Å². The summed E-state index contributed by atoms with van der Waals surface area (Å²) in [6.45, 7) is 8.33. The van der Waals surface area contributed by atoms with Crippen molar-refractivity contribution in [2.45, 2.75) is 38.5 Å². The lowest BCUT2D eigenvalue weighted by Gasteiger charge is -2.32. The predicted octanol–water partition coefficient (Wildman–Crippen LogP) is 6.26. The van der Waals surface area contributed by atoms with E-state index in [0.29, 0.717) is 5.75 Å². The van der Waals surface area contributed by atoms with Crippen LogP contribution in [0.3, 0.4) is 0 Å². The van der Waals surface area contributed by atoms with E-state index in [1.165, 1.54) is 7.11 Å². The Morgan fingerprint density at radius 2 is 1.24 bits per heavy atom. The van der Waals surface area contributed by atoms with Crippen LogP contribution in [-0.2, 0) is 10.8 Å². The molecule has 150 valence electrons. The van der Waals surface area contributed by atoms with Crippen LogP contribution in [0.15, 0.2) is 72.8 Å². The maximum atomic E-state index is 11.9. The lowest BCUT2D eigenvalue weighted by atomic mass is 9.72. The van der Waals surface area contributed by atoms with Gasteiger partial charge in [-0.25, -0.2) is 0 Å². The van der Waals surface area contributed by atoms with Gasteiger partial charge in [0.15, 0.2) is 0 Å². The van der Waals surface area contributed by atoms with Crippen LogP contribution in [0.5, 0.6) is 5.75 Å². The highest BCUT2D eigenvalue weighted by Crippen LogP contribution is 2.45. The van der Waals surface area contributed by atoms with Gasteiger partial charge in [0.25, 0.3) is 0 Å². The highest BCUT2D eigenvalue weighted by molar-refractivity contribution is 5.61. The van der Waals surface area contributed by atoms with Crippen molar-refractivity contribution in [3.63, 3.8) is 0 Å². The van der Waals surface area contributed by atoms with E-state index in [2.05, 4.69) is 45.9 Å². The molecule has 0 N–H and O–H groups in total. The maximum Gasteiger partial charge on any atom is 0.311 e. The van der Waals surface area contributed by atoms with Crippen LogP contribution in [0, 0.1) is 10.1 Å². The topological polar surface area (TPSA) is 52.4 Å². The Hall–Kier alpha value is -3.14. The summed E-state index contributed by atoms with van der Waals surface area (Å²) in [5.41, 5.74) is 2.98. The summed E-state index contributed by atoms with van der Waals surface area (Å²) in [4.78, 5) is 11.6.